The third kappa shape index (κ3) is 4.61. The minimum Gasteiger partial charge on any atom is -0.459 e. The van der Waals surface area contributed by atoms with E-state index in [0.29, 0.717) is 30.4 Å². The molecule has 0 saturated carbocycles. The highest BCUT2D eigenvalue weighted by Crippen LogP contribution is 2.36. The highest BCUT2D eigenvalue weighted by Gasteiger charge is 2.40. The van der Waals surface area contributed by atoms with Gasteiger partial charge >= 0.3 is 6.09 Å². The van der Waals surface area contributed by atoms with E-state index >= 15 is 0 Å². The molecule has 3 aliphatic rings. The molecule has 1 aromatic heterocycles. The number of benzene rings is 1. The number of nitrogens with one attached hydrogen (secondary N) is 1. The second-order valence-corrected chi connectivity index (χ2v) is 11.3. The van der Waals surface area contributed by atoms with Gasteiger partial charge in [-0.15, -0.1) is 0 Å². The van der Waals surface area contributed by atoms with Gasteiger partial charge in [-0.1, -0.05) is 0 Å². The van der Waals surface area contributed by atoms with Gasteiger partial charge in [-0.3, -0.25) is 9.69 Å². The molecule has 9 nitrogen and oxygen atoms in total. The maximum absolute atomic E-state index is 15.0. The lowest BCUT2D eigenvalue weighted by molar-refractivity contribution is 0.0889. The van der Waals surface area contributed by atoms with Crippen molar-refractivity contribution in [2.45, 2.75) is 18.9 Å². The predicted octanol–water partition coefficient (Wildman–Crippen LogP) is 2.43. The van der Waals surface area contributed by atoms with Gasteiger partial charge < -0.3 is 19.4 Å². The number of amides is 2. The fourth-order valence-corrected chi connectivity index (χ4v) is 6.70. The Bertz CT molecular complexity index is 1170. The van der Waals surface area contributed by atoms with E-state index in [1.165, 1.54) is 23.3 Å². The van der Waals surface area contributed by atoms with Gasteiger partial charge in [0.1, 0.15) is 11.9 Å². The topological polar surface area (TPSA) is 109 Å². The van der Waals surface area contributed by atoms with Crippen LogP contribution < -0.4 is 15.1 Å². The van der Waals surface area contributed by atoms with Gasteiger partial charge in [0.05, 0.1) is 42.2 Å². The van der Waals surface area contributed by atoms with Crippen molar-refractivity contribution in [3.63, 3.8) is 0 Å². The number of furan rings is 1. The predicted molar refractivity (Wildman–Crippen MR) is 122 cm³/mol. The van der Waals surface area contributed by atoms with Crippen LogP contribution in [-0.4, -0.2) is 64.2 Å². The second kappa shape index (κ2) is 8.94. The van der Waals surface area contributed by atoms with Crippen molar-refractivity contribution in [3.8, 4) is 0 Å². The van der Waals surface area contributed by atoms with Crippen LogP contribution in [0.5, 0.6) is 0 Å². The molecule has 0 aliphatic carbocycles. The fourth-order valence-electron chi connectivity index (χ4n) is 4.95. The summed E-state index contributed by atoms with van der Waals surface area (Å²) < 4.78 is 48.2. The first-order valence-electron chi connectivity index (χ1n) is 11.3. The summed E-state index contributed by atoms with van der Waals surface area (Å²) >= 11 is 0. The van der Waals surface area contributed by atoms with E-state index in [4.69, 9.17) is 9.15 Å². The zero-order valence-electron chi connectivity index (χ0n) is 18.5. The third-order valence-electron chi connectivity index (χ3n) is 6.84. The molecule has 0 spiro atoms. The van der Waals surface area contributed by atoms with Crippen LogP contribution in [0.1, 0.15) is 23.4 Å². The van der Waals surface area contributed by atoms with Crippen molar-refractivity contribution in [2.24, 2.45) is 11.8 Å². The van der Waals surface area contributed by atoms with Crippen LogP contribution in [0.2, 0.25) is 0 Å². The number of hydrogen-bond acceptors (Lipinski definition) is 7. The Morgan fingerprint density at radius 2 is 1.91 bits per heavy atom. The van der Waals surface area contributed by atoms with E-state index in [-0.39, 0.29) is 36.3 Å². The van der Waals surface area contributed by atoms with Crippen LogP contribution >= 0.6 is 0 Å². The molecule has 1 aromatic carbocycles. The van der Waals surface area contributed by atoms with Gasteiger partial charge in [0.15, 0.2) is 15.6 Å². The first-order valence-corrected chi connectivity index (χ1v) is 13.2. The molecule has 11 heteroatoms. The molecule has 34 heavy (non-hydrogen) atoms. The van der Waals surface area contributed by atoms with Crippen molar-refractivity contribution in [2.75, 3.05) is 47.5 Å². The molecule has 5 rings (SSSR count). The lowest BCUT2D eigenvalue weighted by atomic mass is 9.86. The number of halogens is 1. The van der Waals surface area contributed by atoms with Crippen molar-refractivity contribution < 1.29 is 31.6 Å². The van der Waals surface area contributed by atoms with Crippen LogP contribution in [0.15, 0.2) is 41.0 Å². The summed E-state index contributed by atoms with van der Waals surface area (Å²) in [4.78, 5) is 27.6. The summed E-state index contributed by atoms with van der Waals surface area (Å²) in [5.74, 6) is 0.493. The summed E-state index contributed by atoms with van der Waals surface area (Å²) in [5.41, 5.74) is 0.860. The Kier molecular flexibility index (Phi) is 5.97. The van der Waals surface area contributed by atoms with Crippen molar-refractivity contribution in [1.82, 2.24) is 5.32 Å². The highest BCUT2D eigenvalue weighted by atomic mass is 32.2. The molecule has 4 heterocycles. The molecule has 2 aromatic rings. The van der Waals surface area contributed by atoms with Gasteiger partial charge in [-0.25, -0.2) is 17.6 Å². The van der Waals surface area contributed by atoms with Crippen molar-refractivity contribution in [1.29, 1.82) is 0 Å². The minimum absolute atomic E-state index is 0.111. The summed E-state index contributed by atoms with van der Waals surface area (Å²) in [6.45, 7) is 1.63. The first kappa shape index (κ1) is 22.7. The quantitative estimate of drug-likeness (QED) is 0.661. The van der Waals surface area contributed by atoms with Crippen molar-refractivity contribution >= 4 is 33.2 Å². The van der Waals surface area contributed by atoms with Crippen LogP contribution in [0, 0.1) is 17.7 Å². The van der Waals surface area contributed by atoms with Gasteiger partial charge in [0.25, 0.3) is 5.91 Å². The number of rotatable bonds is 6. The molecule has 3 fully saturated rings. The molecule has 3 saturated heterocycles. The summed E-state index contributed by atoms with van der Waals surface area (Å²) in [5, 5.41) is 2.66. The average molecular weight is 492 g/mol. The Labute approximate surface area is 196 Å². The normalized spacial score (nSPS) is 23.0. The monoisotopic (exact) mass is 491 g/mol. The number of cyclic esters (lactones) is 1. The Hall–Kier alpha value is -3.08. The van der Waals surface area contributed by atoms with Gasteiger partial charge in [-0.05, 0) is 55.0 Å². The number of anilines is 2. The molecule has 1 unspecified atom stereocenters. The van der Waals surface area contributed by atoms with Crippen LogP contribution in [0.3, 0.4) is 0 Å². The zero-order chi connectivity index (χ0) is 23.9. The van der Waals surface area contributed by atoms with E-state index in [1.54, 1.807) is 18.2 Å². The summed E-state index contributed by atoms with van der Waals surface area (Å²) in [6.07, 6.45) is 1.91. The van der Waals surface area contributed by atoms with E-state index in [9.17, 15) is 22.4 Å². The van der Waals surface area contributed by atoms with Crippen molar-refractivity contribution in [3.05, 3.63) is 48.2 Å². The van der Waals surface area contributed by atoms with Crippen LogP contribution in [0.4, 0.5) is 20.6 Å². The maximum atomic E-state index is 15.0. The highest BCUT2D eigenvalue weighted by molar-refractivity contribution is 7.92. The lowest BCUT2D eigenvalue weighted by Crippen LogP contribution is -2.45. The Morgan fingerprint density at radius 3 is 2.56 bits per heavy atom. The molecule has 0 bridgehead atoms. The maximum Gasteiger partial charge on any atom is 0.414 e. The molecule has 2 amide bonds. The number of hydrogen-bond donors (Lipinski definition) is 1. The first-order chi connectivity index (χ1) is 16.3. The van der Waals surface area contributed by atoms with E-state index in [2.05, 4.69) is 5.32 Å². The molecule has 3 aliphatic heterocycles. The minimum atomic E-state index is -2.83. The van der Waals surface area contributed by atoms with E-state index in [0.717, 1.165) is 12.8 Å². The van der Waals surface area contributed by atoms with Gasteiger partial charge in [0.2, 0.25) is 0 Å². The number of sulfone groups is 1. The lowest BCUT2D eigenvalue weighted by Gasteiger charge is -2.40. The van der Waals surface area contributed by atoms with E-state index < -0.39 is 33.8 Å². The Morgan fingerprint density at radius 1 is 1.15 bits per heavy atom. The summed E-state index contributed by atoms with van der Waals surface area (Å²) in [6, 6.07) is 7.82. The molecule has 1 N–H and O–H groups in total. The second-order valence-electron chi connectivity index (χ2n) is 9.10. The SMILES string of the molecule is O=C(NCC1CN(c2ccc(N3CCC(C4CS(=O)(=O)C4)CC3)c(F)c2)C(=O)O1)c1ccco1. The molecule has 182 valence electrons. The third-order valence-corrected chi connectivity index (χ3v) is 8.71. The molecule has 1 atom stereocenters. The summed E-state index contributed by atoms with van der Waals surface area (Å²) in [7, 11) is -2.83. The number of carbonyl (C=O) groups excluding carboxylic acids is 2. The molecular formula is C23H26FN3O6S. The average Bonchev–Trinajstić information content (AvgIpc) is 3.46. The zero-order valence-corrected chi connectivity index (χ0v) is 19.3. The Balaban J connectivity index is 1.16. The van der Waals surface area contributed by atoms with Crippen LogP contribution in [0.25, 0.3) is 0 Å². The van der Waals surface area contributed by atoms with Gasteiger partial charge in [-0.2, -0.15) is 0 Å². The van der Waals surface area contributed by atoms with Crippen LogP contribution in [-0.2, 0) is 14.6 Å². The molecule has 0 radical (unpaired) electrons. The molecular weight excluding hydrogens is 465 g/mol. The van der Waals surface area contributed by atoms with Gasteiger partial charge in [0, 0.05) is 13.1 Å². The standard InChI is InChI=1S/C23H26FN3O6S/c24-19-10-17(27-12-18(33-23(27)29)11-25-22(28)21-2-1-9-32-21)3-4-20(19)26-7-5-15(6-8-26)16-13-34(30,31)14-16/h1-4,9-10,15-16,18H,5-8,11-14H2,(H,25,28). The fraction of sp³-hybridized carbons (Fsp3) is 0.478. The smallest absolute Gasteiger partial charge is 0.414 e. The van der Waals surface area contributed by atoms with E-state index in [1.807, 2.05) is 4.90 Å². The number of piperidine rings is 1. The number of nitrogens with zero attached hydrogens (tertiary/aromatic N) is 2. The number of ether oxygens (including phenoxy) is 1. The number of carbonyl (C=O) groups is 2. The largest absolute Gasteiger partial charge is 0.459 e.